The van der Waals surface area contributed by atoms with Crippen molar-refractivity contribution in [3.8, 4) is 0 Å². The molecule has 3 rings (SSSR count). The fourth-order valence-electron chi connectivity index (χ4n) is 4.33. The molecule has 0 amide bonds. The van der Waals surface area contributed by atoms with E-state index >= 15 is 0 Å². The number of aromatic nitrogens is 1. The van der Waals surface area contributed by atoms with Crippen molar-refractivity contribution in [3.63, 3.8) is 0 Å². The second kappa shape index (κ2) is 10.1. The third kappa shape index (κ3) is 5.01. The molecule has 0 aliphatic rings. The van der Waals surface area contributed by atoms with Crippen LogP contribution < -0.4 is 10.4 Å². The molecule has 5 heteroatoms. The summed E-state index contributed by atoms with van der Waals surface area (Å²) >= 11 is 1.63. The zero-order valence-electron chi connectivity index (χ0n) is 19.8. The molecule has 3 aromatic rings. The smallest absolute Gasteiger partial charge is 0.261 e. The van der Waals surface area contributed by atoms with Crippen LogP contribution in [-0.4, -0.2) is 25.7 Å². The van der Waals surface area contributed by atoms with Gasteiger partial charge in [0.05, 0.1) is 16.8 Å². The van der Waals surface area contributed by atoms with Gasteiger partial charge in [-0.2, -0.15) is 0 Å². The van der Waals surface area contributed by atoms with Gasteiger partial charge in [0.15, 0.2) is 0 Å². The molecule has 3 nitrogen and oxygen atoms in total. The van der Waals surface area contributed by atoms with Crippen LogP contribution >= 0.6 is 11.3 Å². The number of hydrogen-bond acceptors (Lipinski definition) is 4. The minimum atomic E-state index is -2.78. The van der Waals surface area contributed by atoms with Crippen LogP contribution in [0.3, 0.4) is 0 Å². The standard InChI is InChI=1S/C27H33NO2SSi/c1-20(17-23-19-31-22(3)28-23)26(21(2)18-29)30-32(27(4,5)6,24-13-9-7-10-14-24)25-15-11-8-12-16-25/h7-19,21,26H,1-6H3/b20-17+/t21-,26-/m1/s1. The summed E-state index contributed by atoms with van der Waals surface area (Å²) in [7, 11) is -2.78. The molecule has 1 heterocycles. The van der Waals surface area contributed by atoms with Crippen molar-refractivity contribution in [1.82, 2.24) is 4.98 Å². The molecular weight excluding hydrogens is 430 g/mol. The summed E-state index contributed by atoms with van der Waals surface area (Å²) < 4.78 is 7.28. The van der Waals surface area contributed by atoms with E-state index in [0.717, 1.165) is 22.6 Å². The molecule has 168 valence electrons. The van der Waals surface area contributed by atoms with E-state index in [1.54, 1.807) is 11.3 Å². The SMILES string of the molecule is C/C(=C\c1csc(C)n1)[C@@H](O[Si](c1ccccc1)(c1ccccc1)C(C)(C)C)[C@H](C)C=O. The van der Waals surface area contributed by atoms with Gasteiger partial charge < -0.3 is 9.22 Å². The first-order chi connectivity index (χ1) is 15.2. The van der Waals surface area contributed by atoms with Gasteiger partial charge in [-0.25, -0.2) is 4.98 Å². The van der Waals surface area contributed by atoms with Gasteiger partial charge in [0.25, 0.3) is 8.32 Å². The van der Waals surface area contributed by atoms with E-state index in [1.165, 1.54) is 10.4 Å². The summed E-state index contributed by atoms with van der Waals surface area (Å²) in [5.41, 5.74) is 1.93. The first-order valence-corrected chi connectivity index (χ1v) is 13.8. The molecule has 0 aliphatic carbocycles. The third-order valence-corrected chi connectivity index (χ3v) is 11.7. The predicted octanol–water partition coefficient (Wildman–Crippen LogP) is 5.64. The van der Waals surface area contributed by atoms with Crippen molar-refractivity contribution in [1.29, 1.82) is 0 Å². The Kier molecular flexibility index (Phi) is 7.65. The molecule has 2 aromatic carbocycles. The fourth-order valence-corrected chi connectivity index (χ4v) is 9.70. The van der Waals surface area contributed by atoms with Crippen LogP contribution in [0.4, 0.5) is 0 Å². The van der Waals surface area contributed by atoms with Crippen LogP contribution in [0.2, 0.25) is 5.04 Å². The Morgan fingerprint density at radius 1 is 1.03 bits per heavy atom. The molecule has 0 bridgehead atoms. The van der Waals surface area contributed by atoms with Crippen LogP contribution in [0.15, 0.2) is 71.6 Å². The lowest BCUT2D eigenvalue weighted by Gasteiger charge is -2.46. The molecule has 1 aromatic heterocycles. The van der Waals surface area contributed by atoms with Gasteiger partial charge in [0.2, 0.25) is 0 Å². The number of aryl methyl sites for hydroxylation is 1. The van der Waals surface area contributed by atoms with Crippen LogP contribution in [0.5, 0.6) is 0 Å². The number of benzene rings is 2. The van der Waals surface area contributed by atoms with Gasteiger partial charge in [0, 0.05) is 11.3 Å². The second-order valence-corrected chi connectivity index (χ2v) is 14.7. The molecule has 32 heavy (non-hydrogen) atoms. The Morgan fingerprint density at radius 3 is 1.97 bits per heavy atom. The largest absolute Gasteiger partial charge is 0.400 e. The van der Waals surface area contributed by atoms with E-state index in [9.17, 15) is 4.79 Å². The molecule has 0 N–H and O–H groups in total. The van der Waals surface area contributed by atoms with Gasteiger partial charge in [0.1, 0.15) is 6.29 Å². The van der Waals surface area contributed by atoms with Gasteiger partial charge in [-0.3, -0.25) is 0 Å². The summed E-state index contributed by atoms with van der Waals surface area (Å²) in [5, 5.41) is 5.33. The number of carbonyl (C=O) groups is 1. The van der Waals surface area contributed by atoms with Crippen LogP contribution in [-0.2, 0) is 9.22 Å². The van der Waals surface area contributed by atoms with Crippen molar-refractivity contribution < 1.29 is 9.22 Å². The minimum Gasteiger partial charge on any atom is -0.400 e. The molecule has 2 atom stereocenters. The number of rotatable bonds is 8. The lowest BCUT2D eigenvalue weighted by molar-refractivity contribution is -0.112. The molecular formula is C27H33NO2SSi. The Balaban J connectivity index is 2.20. The summed E-state index contributed by atoms with van der Waals surface area (Å²) in [4.78, 5) is 16.6. The fraction of sp³-hybridized carbons (Fsp3) is 0.333. The zero-order chi connectivity index (χ0) is 23.4. The molecule has 0 saturated carbocycles. The summed E-state index contributed by atoms with van der Waals surface area (Å²) in [6.07, 6.45) is 2.72. The van der Waals surface area contributed by atoms with E-state index in [-0.39, 0.29) is 17.1 Å². The van der Waals surface area contributed by atoms with E-state index in [0.29, 0.717) is 0 Å². The number of thiazole rings is 1. The number of carbonyl (C=O) groups excluding carboxylic acids is 1. The number of aldehydes is 1. The normalized spacial score (nSPS) is 14.8. The molecule has 0 spiro atoms. The van der Waals surface area contributed by atoms with Crippen molar-refractivity contribution in [2.24, 2.45) is 5.92 Å². The highest BCUT2D eigenvalue weighted by Gasteiger charge is 2.52. The molecule has 0 saturated heterocycles. The lowest BCUT2D eigenvalue weighted by atomic mass is 9.99. The van der Waals surface area contributed by atoms with Gasteiger partial charge in [-0.05, 0) is 40.9 Å². The molecule has 0 fully saturated rings. The summed E-state index contributed by atoms with van der Waals surface area (Å²) in [6.45, 7) is 12.8. The topological polar surface area (TPSA) is 39.2 Å². The molecule has 0 unspecified atom stereocenters. The maximum atomic E-state index is 12.0. The van der Waals surface area contributed by atoms with Crippen LogP contribution in [0.1, 0.15) is 45.3 Å². The lowest BCUT2D eigenvalue weighted by Crippen LogP contribution is -2.68. The summed E-state index contributed by atoms with van der Waals surface area (Å²) in [6, 6.07) is 21.1. The van der Waals surface area contributed by atoms with E-state index in [2.05, 4.69) is 87.3 Å². The second-order valence-electron chi connectivity index (χ2n) is 9.38. The highest BCUT2D eigenvalue weighted by molar-refractivity contribution is 7.09. The predicted molar refractivity (Wildman–Crippen MR) is 138 cm³/mol. The molecule has 0 radical (unpaired) electrons. The average molecular weight is 464 g/mol. The highest BCUT2D eigenvalue weighted by atomic mass is 32.1. The monoisotopic (exact) mass is 463 g/mol. The van der Waals surface area contributed by atoms with E-state index in [4.69, 9.17) is 4.43 Å². The first-order valence-electron chi connectivity index (χ1n) is 11.0. The number of nitrogens with zero attached hydrogens (tertiary/aromatic N) is 1. The Labute approximate surface area is 197 Å². The van der Waals surface area contributed by atoms with Crippen molar-refractivity contribution >= 4 is 42.4 Å². The van der Waals surface area contributed by atoms with Gasteiger partial charge in [-0.15, -0.1) is 11.3 Å². The minimum absolute atomic E-state index is 0.159. The Morgan fingerprint density at radius 2 is 1.56 bits per heavy atom. The molecule has 0 aliphatic heterocycles. The zero-order valence-corrected chi connectivity index (χ0v) is 21.6. The van der Waals surface area contributed by atoms with Crippen molar-refractivity contribution in [2.45, 2.75) is 52.7 Å². The van der Waals surface area contributed by atoms with Crippen LogP contribution in [0.25, 0.3) is 6.08 Å². The maximum Gasteiger partial charge on any atom is 0.261 e. The van der Waals surface area contributed by atoms with Crippen molar-refractivity contribution in [2.75, 3.05) is 0 Å². The average Bonchev–Trinajstić information content (AvgIpc) is 3.18. The first kappa shape index (κ1) is 24.3. The number of hydrogen-bond donors (Lipinski definition) is 0. The van der Waals surface area contributed by atoms with Gasteiger partial charge in [-0.1, -0.05) is 88.4 Å². The quantitative estimate of drug-likeness (QED) is 0.321. The van der Waals surface area contributed by atoms with Gasteiger partial charge >= 0.3 is 0 Å². The van der Waals surface area contributed by atoms with E-state index < -0.39 is 8.32 Å². The maximum absolute atomic E-state index is 12.0. The summed E-state index contributed by atoms with van der Waals surface area (Å²) in [5.74, 6) is -0.285. The van der Waals surface area contributed by atoms with E-state index in [1.807, 2.05) is 31.4 Å². The Bertz CT molecular complexity index is 1010. The third-order valence-electron chi connectivity index (χ3n) is 5.87. The van der Waals surface area contributed by atoms with Crippen LogP contribution in [0, 0.1) is 12.8 Å². The highest BCUT2D eigenvalue weighted by Crippen LogP contribution is 2.39. The Hall–Kier alpha value is -2.34. The van der Waals surface area contributed by atoms with Crippen molar-refractivity contribution in [3.05, 3.63) is 82.3 Å².